The van der Waals surface area contributed by atoms with Gasteiger partial charge in [0.25, 0.3) is 0 Å². The summed E-state index contributed by atoms with van der Waals surface area (Å²) in [6.07, 6.45) is 3.06. The van der Waals surface area contributed by atoms with Crippen molar-refractivity contribution in [3.63, 3.8) is 0 Å². The van der Waals surface area contributed by atoms with Crippen LogP contribution in [0.4, 0.5) is 5.95 Å². The van der Waals surface area contributed by atoms with E-state index in [2.05, 4.69) is 31.0 Å². The molecule has 2 rings (SSSR count). The minimum atomic E-state index is 0.134. The molecule has 7 heteroatoms. The number of hydrogen-bond acceptors (Lipinski definition) is 5. The van der Waals surface area contributed by atoms with E-state index >= 15 is 0 Å². The maximum atomic E-state index is 8.89. The Balaban J connectivity index is 2.64. The lowest BCUT2D eigenvalue weighted by Gasteiger charge is -2.02. The first-order valence-electron chi connectivity index (χ1n) is 3.95. The Bertz CT molecular complexity index is 540. The number of nitriles is 1. The van der Waals surface area contributed by atoms with Crippen LogP contribution < -0.4 is 5.73 Å². The van der Waals surface area contributed by atoms with Gasteiger partial charge in [-0.1, -0.05) is 0 Å². The second-order valence-electron chi connectivity index (χ2n) is 2.66. The van der Waals surface area contributed by atoms with Crippen molar-refractivity contribution in [3.05, 3.63) is 28.8 Å². The topological polar surface area (TPSA) is 93.4 Å². The summed E-state index contributed by atoms with van der Waals surface area (Å²) in [7, 11) is 0. The molecule has 6 nitrogen and oxygen atoms in total. The van der Waals surface area contributed by atoms with E-state index in [1.807, 2.05) is 6.07 Å². The van der Waals surface area contributed by atoms with Crippen molar-refractivity contribution >= 4 is 21.9 Å². The summed E-state index contributed by atoms with van der Waals surface area (Å²) in [5.74, 6) is 0.134. The van der Waals surface area contributed by atoms with Crippen molar-refractivity contribution < 1.29 is 0 Å². The minimum absolute atomic E-state index is 0.134. The fourth-order valence-corrected chi connectivity index (χ4v) is 1.56. The number of nitrogen functional groups attached to an aromatic ring is 1. The quantitative estimate of drug-likeness (QED) is 0.825. The average molecular weight is 265 g/mol. The summed E-state index contributed by atoms with van der Waals surface area (Å²) in [5, 5.41) is 12.8. The van der Waals surface area contributed by atoms with Gasteiger partial charge in [0, 0.05) is 6.20 Å². The summed E-state index contributed by atoms with van der Waals surface area (Å²) in [6.45, 7) is 0. The second kappa shape index (κ2) is 3.67. The molecule has 2 N–H and O–H groups in total. The van der Waals surface area contributed by atoms with E-state index < -0.39 is 0 Å². The number of halogens is 1. The number of nitrogens with two attached hydrogens (primary N) is 1. The van der Waals surface area contributed by atoms with Crippen LogP contribution in [-0.4, -0.2) is 19.7 Å². The Labute approximate surface area is 93.5 Å². The molecule has 0 saturated heterocycles. The van der Waals surface area contributed by atoms with Crippen molar-refractivity contribution in [1.29, 1.82) is 5.26 Å². The first-order valence-corrected chi connectivity index (χ1v) is 4.74. The van der Waals surface area contributed by atoms with Crippen LogP contribution >= 0.6 is 15.9 Å². The predicted molar refractivity (Wildman–Crippen MR) is 56.0 cm³/mol. The molecule has 0 aliphatic heterocycles. The molecule has 74 valence electrons. The van der Waals surface area contributed by atoms with Crippen molar-refractivity contribution in [1.82, 2.24) is 19.7 Å². The average Bonchev–Trinajstić information content (AvgIpc) is 2.57. The molecular weight excluding hydrogens is 260 g/mol. The fraction of sp³-hybridized carbons (Fsp3) is 0. The zero-order valence-electron chi connectivity index (χ0n) is 7.42. The molecule has 0 radical (unpaired) electrons. The predicted octanol–water partition coefficient (Wildman–Crippen LogP) is 0.879. The molecule has 2 aromatic heterocycles. The molecule has 0 amide bonds. The highest BCUT2D eigenvalue weighted by Crippen LogP contribution is 2.17. The fourth-order valence-electron chi connectivity index (χ4n) is 1.11. The van der Waals surface area contributed by atoms with Crippen molar-refractivity contribution in [2.45, 2.75) is 0 Å². The van der Waals surface area contributed by atoms with Crippen LogP contribution in [0.2, 0.25) is 0 Å². The van der Waals surface area contributed by atoms with Crippen LogP contribution in [0.5, 0.6) is 0 Å². The van der Waals surface area contributed by atoms with Gasteiger partial charge in [-0.2, -0.15) is 10.2 Å². The molecule has 2 heterocycles. The van der Waals surface area contributed by atoms with E-state index in [-0.39, 0.29) is 5.95 Å². The van der Waals surface area contributed by atoms with Crippen LogP contribution in [0, 0.1) is 11.3 Å². The van der Waals surface area contributed by atoms with Gasteiger partial charge in [0.1, 0.15) is 11.8 Å². The van der Waals surface area contributed by atoms with Gasteiger partial charge in [0.05, 0.1) is 11.8 Å². The first kappa shape index (κ1) is 9.61. The molecular formula is C8H5BrN6. The molecule has 0 aliphatic rings. The van der Waals surface area contributed by atoms with Crippen LogP contribution in [-0.2, 0) is 0 Å². The molecule has 0 aromatic carbocycles. The lowest BCUT2D eigenvalue weighted by Crippen LogP contribution is -2.01. The summed E-state index contributed by atoms with van der Waals surface area (Å²) < 4.78 is 1.85. The Kier molecular flexibility index (Phi) is 2.35. The van der Waals surface area contributed by atoms with Crippen molar-refractivity contribution in [2.24, 2.45) is 0 Å². The Morgan fingerprint density at radius 3 is 2.93 bits per heavy atom. The molecule has 0 bridgehead atoms. The van der Waals surface area contributed by atoms with Crippen LogP contribution in [0.25, 0.3) is 5.69 Å². The van der Waals surface area contributed by atoms with Gasteiger partial charge < -0.3 is 5.73 Å². The monoisotopic (exact) mass is 264 g/mol. The second-order valence-corrected chi connectivity index (χ2v) is 3.36. The van der Waals surface area contributed by atoms with E-state index in [0.717, 1.165) is 0 Å². The van der Waals surface area contributed by atoms with Gasteiger partial charge in [0.15, 0.2) is 0 Å². The van der Waals surface area contributed by atoms with Gasteiger partial charge in [-0.15, -0.1) is 5.10 Å². The smallest absolute Gasteiger partial charge is 0.240 e. The molecule has 0 atom stereocenters. The molecule has 0 unspecified atom stereocenters. The van der Waals surface area contributed by atoms with E-state index in [4.69, 9.17) is 11.0 Å². The van der Waals surface area contributed by atoms with E-state index in [0.29, 0.717) is 16.0 Å². The highest BCUT2D eigenvalue weighted by molar-refractivity contribution is 9.10. The summed E-state index contributed by atoms with van der Waals surface area (Å²) in [6, 6.07) is 3.64. The lowest BCUT2D eigenvalue weighted by molar-refractivity contribution is 0.850. The van der Waals surface area contributed by atoms with E-state index in [1.165, 1.54) is 17.1 Å². The van der Waals surface area contributed by atoms with Crippen LogP contribution in [0.1, 0.15) is 5.56 Å². The highest BCUT2D eigenvalue weighted by atomic mass is 79.9. The molecule has 0 aliphatic carbocycles. The maximum absolute atomic E-state index is 8.89. The molecule has 0 spiro atoms. The third-order valence-electron chi connectivity index (χ3n) is 1.73. The molecule has 0 fully saturated rings. The van der Waals surface area contributed by atoms with Crippen molar-refractivity contribution in [2.75, 3.05) is 5.73 Å². The normalized spacial score (nSPS) is 9.87. The zero-order valence-corrected chi connectivity index (χ0v) is 9.01. The van der Waals surface area contributed by atoms with Gasteiger partial charge >= 0.3 is 0 Å². The molecule has 15 heavy (non-hydrogen) atoms. The number of aromatic nitrogens is 4. The number of pyridine rings is 1. The standard InChI is InChI=1S/C8H5BrN6/c9-7-13-8(11)14-15(7)6-4-12-2-1-5(6)3-10/h1-2,4H,(H2,11,14). The van der Waals surface area contributed by atoms with Gasteiger partial charge in [-0.05, 0) is 22.0 Å². The third kappa shape index (κ3) is 1.67. The number of anilines is 1. The largest absolute Gasteiger partial charge is 0.366 e. The van der Waals surface area contributed by atoms with E-state index in [1.54, 1.807) is 6.07 Å². The summed E-state index contributed by atoms with van der Waals surface area (Å²) >= 11 is 3.19. The zero-order chi connectivity index (χ0) is 10.8. The molecule has 0 saturated carbocycles. The number of rotatable bonds is 1. The van der Waals surface area contributed by atoms with Crippen molar-refractivity contribution in [3.8, 4) is 11.8 Å². The number of nitrogens with zero attached hydrogens (tertiary/aromatic N) is 5. The van der Waals surface area contributed by atoms with Crippen LogP contribution in [0.3, 0.4) is 0 Å². The Morgan fingerprint density at radius 1 is 1.53 bits per heavy atom. The SMILES string of the molecule is N#Cc1ccncc1-n1nc(N)nc1Br. The molecule has 2 aromatic rings. The maximum Gasteiger partial charge on any atom is 0.240 e. The Morgan fingerprint density at radius 2 is 2.33 bits per heavy atom. The summed E-state index contributed by atoms with van der Waals surface area (Å²) in [4.78, 5) is 7.79. The van der Waals surface area contributed by atoms with Gasteiger partial charge in [0.2, 0.25) is 10.7 Å². The Hall–Kier alpha value is -1.94. The van der Waals surface area contributed by atoms with Crippen LogP contribution in [0.15, 0.2) is 23.2 Å². The number of hydrogen-bond donors (Lipinski definition) is 1. The first-order chi connectivity index (χ1) is 7.22. The summed E-state index contributed by atoms with van der Waals surface area (Å²) in [5.41, 5.74) is 6.42. The highest BCUT2D eigenvalue weighted by Gasteiger charge is 2.10. The van der Waals surface area contributed by atoms with E-state index in [9.17, 15) is 0 Å². The van der Waals surface area contributed by atoms with Gasteiger partial charge in [-0.25, -0.2) is 4.68 Å². The third-order valence-corrected chi connectivity index (χ3v) is 2.25. The minimum Gasteiger partial charge on any atom is -0.366 e. The lowest BCUT2D eigenvalue weighted by atomic mass is 10.2. The van der Waals surface area contributed by atoms with Gasteiger partial charge in [-0.3, -0.25) is 4.98 Å².